The molecule has 2 aromatic carbocycles. The van der Waals surface area contributed by atoms with Gasteiger partial charge in [0.25, 0.3) is 0 Å². The van der Waals surface area contributed by atoms with Crippen molar-refractivity contribution < 1.29 is 19.1 Å². The monoisotopic (exact) mass is 359 g/mol. The quantitative estimate of drug-likeness (QED) is 0.467. The molecule has 6 heteroatoms. The van der Waals surface area contributed by atoms with Crippen LogP contribution >= 0.6 is 11.6 Å². The van der Waals surface area contributed by atoms with E-state index in [0.29, 0.717) is 10.8 Å². The third-order valence-electron chi connectivity index (χ3n) is 3.04. The van der Waals surface area contributed by atoms with Crippen LogP contribution in [0.2, 0.25) is 5.02 Å². The topological polar surface area (TPSA) is 64.6 Å². The molecule has 0 bridgehead atoms. The number of rotatable bonds is 7. The first-order valence-electron chi connectivity index (χ1n) is 7.64. The summed E-state index contributed by atoms with van der Waals surface area (Å²) in [6.45, 7) is 1.56. The Hall–Kier alpha value is -2.79. The molecule has 1 amide bonds. The summed E-state index contributed by atoms with van der Waals surface area (Å²) in [5.41, 5.74) is 0.853. The number of carbonyl (C=O) groups is 2. The number of ether oxygens (including phenoxy) is 2. The molecule has 0 aromatic heterocycles. The number of amides is 1. The van der Waals surface area contributed by atoms with Crippen molar-refractivity contribution in [3.8, 4) is 5.75 Å². The molecular weight excluding hydrogens is 342 g/mol. The van der Waals surface area contributed by atoms with Crippen LogP contribution in [0, 0.1) is 0 Å². The second kappa shape index (κ2) is 9.49. The predicted molar refractivity (Wildman–Crippen MR) is 96.1 cm³/mol. The van der Waals surface area contributed by atoms with Gasteiger partial charge in [0, 0.05) is 11.9 Å². The lowest BCUT2D eigenvalue weighted by Gasteiger charge is -2.10. The molecule has 25 heavy (non-hydrogen) atoms. The van der Waals surface area contributed by atoms with Gasteiger partial charge in [-0.2, -0.15) is 0 Å². The van der Waals surface area contributed by atoms with Gasteiger partial charge in [-0.15, -0.1) is 0 Å². The van der Waals surface area contributed by atoms with Crippen LogP contribution in [0.5, 0.6) is 5.75 Å². The van der Waals surface area contributed by atoms with E-state index in [2.05, 4.69) is 5.32 Å². The summed E-state index contributed by atoms with van der Waals surface area (Å²) in [5, 5.41) is 3.10. The average Bonchev–Trinajstić information content (AvgIpc) is 2.60. The normalized spacial score (nSPS) is 10.9. The molecule has 0 unspecified atom stereocenters. The van der Waals surface area contributed by atoms with Crippen LogP contribution < -0.4 is 10.1 Å². The Labute approximate surface area is 151 Å². The van der Waals surface area contributed by atoms with Gasteiger partial charge in [0.1, 0.15) is 24.7 Å². The lowest BCUT2D eigenvalue weighted by molar-refractivity contribution is -0.141. The second-order valence-electron chi connectivity index (χ2n) is 5.09. The minimum atomic E-state index is -0.626. The van der Waals surface area contributed by atoms with Crippen molar-refractivity contribution in [3.63, 3.8) is 0 Å². The predicted octanol–water partition coefficient (Wildman–Crippen LogP) is 3.44. The molecule has 0 heterocycles. The Balaban J connectivity index is 1.89. The largest absolute Gasteiger partial charge is 0.490 e. The van der Waals surface area contributed by atoms with Gasteiger partial charge in [0.2, 0.25) is 5.91 Å². The number of halogens is 1. The molecule has 130 valence electrons. The highest BCUT2D eigenvalue weighted by Gasteiger charge is 2.12. The molecule has 0 fully saturated rings. The van der Waals surface area contributed by atoms with E-state index in [1.165, 1.54) is 6.92 Å². The van der Waals surface area contributed by atoms with Gasteiger partial charge in [0.15, 0.2) is 0 Å². The zero-order valence-electron chi connectivity index (χ0n) is 13.7. The maximum atomic E-state index is 12.2. The van der Waals surface area contributed by atoms with Crippen molar-refractivity contribution in [1.29, 1.82) is 0 Å². The molecule has 2 aromatic rings. The molecule has 0 radical (unpaired) electrons. The Kier molecular flexibility index (Phi) is 7.04. The number of nitrogens with one attached hydrogen (secondary N) is 1. The van der Waals surface area contributed by atoms with E-state index in [0.717, 1.165) is 5.56 Å². The fourth-order valence-corrected chi connectivity index (χ4v) is 2.08. The summed E-state index contributed by atoms with van der Waals surface area (Å²) in [6.07, 6.45) is 1.56. The van der Waals surface area contributed by atoms with Crippen molar-refractivity contribution in [1.82, 2.24) is 5.32 Å². The summed E-state index contributed by atoms with van der Waals surface area (Å²) in [4.78, 5) is 23.5. The van der Waals surface area contributed by atoms with Crippen LogP contribution in [-0.2, 0) is 14.3 Å². The first kappa shape index (κ1) is 18.5. The van der Waals surface area contributed by atoms with E-state index in [9.17, 15) is 9.59 Å². The Morgan fingerprint density at radius 2 is 1.72 bits per heavy atom. The van der Waals surface area contributed by atoms with E-state index in [1.54, 1.807) is 30.3 Å². The van der Waals surface area contributed by atoms with Gasteiger partial charge in [-0.3, -0.25) is 4.79 Å². The summed E-state index contributed by atoms with van der Waals surface area (Å²) in [7, 11) is 0. The van der Waals surface area contributed by atoms with Gasteiger partial charge in [0.05, 0.1) is 0 Å². The summed E-state index contributed by atoms with van der Waals surface area (Å²) < 4.78 is 10.6. The van der Waals surface area contributed by atoms with Crippen molar-refractivity contribution in [2.24, 2.45) is 0 Å². The van der Waals surface area contributed by atoms with E-state index < -0.39 is 5.97 Å². The fraction of sp³-hybridized carbons (Fsp3) is 0.158. The molecule has 2 rings (SSSR count). The molecule has 0 saturated heterocycles. The minimum Gasteiger partial charge on any atom is -0.490 e. The third kappa shape index (κ3) is 6.69. The molecule has 1 N–H and O–H groups in total. The standard InChI is InChI=1S/C19H18ClNO4/c1-14(22)21-18(13-15-5-3-2-4-6-15)19(23)25-12-11-24-17-9-7-16(20)8-10-17/h2-10,13H,11-12H2,1H3,(H,21,22)/b18-13-. The van der Waals surface area contributed by atoms with E-state index in [1.807, 2.05) is 30.3 Å². The summed E-state index contributed by atoms with van der Waals surface area (Å²) in [6, 6.07) is 16.0. The van der Waals surface area contributed by atoms with Gasteiger partial charge in [-0.25, -0.2) is 4.79 Å². The zero-order valence-corrected chi connectivity index (χ0v) is 14.5. The SMILES string of the molecule is CC(=O)N/C(=C\c1ccccc1)C(=O)OCCOc1ccc(Cl)cc1. The third-order valence-corrected chi connectivity index (χ3v) is 3.29. The molecule has 5 nitrogen and oxygen atoms in total. The van der Waals surface area contributed by atoms with Crippen LogP contribution in [-0.4, -0.2) is 25.1 Å². The molecule has 0 aliphatic carbocycles. The van der Waals surface area contributed by atoms with E-state index in [-0.39, 0.29) is 24.8 Å². The maximum Gasteiger partial charge on any atom is 0.354 e. The number of esters is 1. The second-order valence-corrected chi connectivity index (χ2v) is 5.52. The first-order valence-corrected chi connectivity index (χ1v) is 8.02. The van der Waals surface area contributed by atoms with Crippen molar-refractivity contribution in [2.75, 3.05) is 13.2 Å². The highest BCUT2D eigenvalue weighted by atomic mass is 35.5. The van der Waals surface area contributed by atoms with Gasteiger partial charge in [-0.05, 0) is 35.9 Å². The highest BCUT2D eigenvalue weighted by Crippen LogP contribution is 2.15. The lowest BCUT2D eigenvalue weighted by Crippen LogP contribution is -2.27. The summed E-state index contributed by atoms with van der Waals surface area (Å²) in [5.74, 6) is -0.349. The molecular formula is C19H18ClNO4. The van der Waals surface area contributed by atoms with Crippen LogP contribution in [0.4, 0.5) is 0 Å². The van der Waals surface area contributed by atoms with E-state index in [4.69, 9.17) is 21.1 Å². The fourth-order valence-electron chi connectivity index (χ4n) is 1.95. The zero-order chi connectivity index (χ0) is 18.1. The van der Waals surface area contributed by atoms with Crippen LogP contribution in [0.3, 0.4) is 0 Å². The molecule has 0 atom stereocenters. The smallest absolute Gasteiger partial charge is 0.354 e. The Bertz CT molecular complexity index is 742. The minimum absolute atomic E-state index is 0.0488. The Morgan fingerprint density at radius 3 is 2.36 bits per heavy atom. The number of hydrogen-bond acceptors (Lipinski definition) is 4. The average molecular weight is 360 g/mol. The van der Waals surface area contributed by atoms with Crippen LogP contribution in [0.15, 0.2) is 60.3 Å². The number of carbonyl (C=O) groups excluding carboxylic acids is 2. The van der Waals surface area contributed by atoms with Gasteiger partial charge in [-0.1, -0.05) is 41.9 Å². The molecule has 0 aliphatic rings. The number of benzene rings is 2. The molecule has 0 spiro atoms. The molecule has 0 aliphatic heterocycles. The highest BCUT2D eigenvalue weighted by molar-refractivity contribution is 6.30. The van der Waals surface area contributed by atoms with Crippen molar-refractivity contribution in [2.45, 2.75) is 6.92 Å². The van der Waals surface area contributed by atoms with Gasteiger partial charge < -0.3 is 14.8 Å². The lowest BCUT2D eigenvalue weighted by atomic mass is 10.2. The Morgan fingerprint density at radius 1 is 1.04 bits per heavy atom. The van der Waals surface area contributed by atoms with Crippen molar-refractivity contribution >= 4 is 29.6 Å². The maximum absolute atomic E-state index is 12.2. The van der Waals surface area contributed by atoms with Crippen LogP contribution in [0.1, 0.15) is 12.5 Å². The van der Waals surface area contributed by atoms with Crippen LogP contribution in [0.25, 0.3) is 6.08 Å². The van der Waals surface area contributed by atoms with Crippen molar-refractivity contribution in [3.05, 3.63) is 70.9 Å². The first-order chi connectivity index (χ1) is 12.0. The van der Waals surface area contributed by atoms with Gasteiger partial charge >= 0.3 is 5.97 Å². The number of hydrogen-bond donors (Lipinski definition) is 1. The van der Waals surface area contributed by atoms with E-state index >= 15 is 0 Å². The molecule has 0 saturated carbocycles. The summed E-state index contributed by atoms with van der Waals surface area (Å²) >= 11 is 5.79.